The molecule has 0 heterocycles. The molecule has 14 heavy (non-hydrogen) atoms. The van der Waals surface area contributed by atoms with E-state index in [-0.39, 0.29) is 12.1 Å². The van der Waals surface area contributed by atoms with Crippen LogP contribution in [0.4, 0.5) is 5.69 Å². The molecule has 2 N–H and O–H groups in total. The van der Waals surface area contributed by atoms with Crippen molar-refractivity contribution in [3.63, 3.8) is 0 Å². The first-order valence-corrected chi connectivity index (χ1v) is 5.79. The van der Waals surface area contributed by atoms with Crippen molar-refractivity contribution < 1.29 is 5.11 Å². The second kappa shape index (κ2) is 4.98. The first-order chi connectivity index (χ1) is 6.50. The molecular weight excluding hydrogens is 289 g/mol. The lowest BCUT2D eigenvalue weighted by Crippen LogP contribution is -2.27. The van der Waals surface area contributed by atoms with Gasteiger partial charge in [-0.3, -0.25) is 0 Å². The average Bonchev–Trinajstić information content (AvgIpc) is 2.11. The Morgan fingerprint density at radius 3 is 2.50 bits per heavy atom. The molecule has 0 aliphatic rings. The first kappa shape index (κ1) is 11.8. The van der Waals surface area contributed by atoms with E-state index in [1.807, 2.05) is 13.0 Å². The normalized spacial score (nSPS) is 14.9. The molecule has 0 aliphatic heterocycles. The zero-order chi connectivity index (χ0) is 10.7. The highest BCUT2D eigenvalue weighted by atomic mass is 127. The van der Waals surface area contributed by atoms with Crippen LogP contribution in [-0.4, -0.2) is 17.3 Å². The molecule has 2 nitrogen and oxygen atoms in total. The molecule has 2 atom stereocenters. The smallest absolute Gasteiger partial charge is 0.0710 e. The Bertz CT molecular complexity index is 312. The second-order valence-corrected chi connectivity index (χ2v) is 4.80. The summed E-state index contributed by atoms with van der Waals surface area (Å²) in [5, 5.41) is 12.6. The van der Waals surface area contributed by atoms with Crippen LogP contribution >= 0.6 is 22.6 Å². The Morgan fingerprint density at radius 1 is 1.36 bits per heavy atom. The number of nitrogens with one attached hydrogen (secondary N) is 1. The minimum absolute atomic E-state index is 0.0773. The van der Waals surface area contributed by atoms with Gasteiger partial charge in [-0.25, -0.2) is 0 Å². The van der Waals surface area contributed by atoms with E-state index in [0.717, 1.165) is 5.69 Å². The summed E-state index contributed by atoms with van der Waals surface area (Å²) in [5.74, 6) is 0. The summed E-state index contributed by atoms with van der Waals surface area (Å²) >= 11 is 2.31. The standard InChI is InChI=1S/C11H16INO/c1-7-4-5-10(6-11(7)12)13-8(2)9(3)14/h4-6,8-9,13-14H,1-3H3. The molecule has 78 valence electrons. The van der Waals surface area contributed by atoms with Gasteiger partial charge in [0.25, 0.3) is 0 Å². The lowest BCUT2D eigenvalue weighted by molar-refractivity contribution is 0.178. The van der Waals surface area contributed by atoms with Crippen molar-refractivity contribution in [2.24, 2.45) is 0 Å². The molecule has 0 amide bonds. The van der Waals surface area contributed by atoms with Gasteiger partial charge in [0, 0.05) is 15.3 Å². The number of hydrogen-bond acceptors (Lipinski definition) is 2. The van der Waals surface area contributed by atoms with Gasteiger partial charge in [-0.2, -0.15) is 0 Å². The van der Waals surface area contributed by atoms with Crippen molar-refractivity contribution in [3.05, 3.63) is 27.3 Å². The summed E-state index contributed by atoms with van der Waals surface area (Å²) in [6.45, 7) is 5.85. The summed E-state index contributed by atoms with van der Waals surface area (Å²) in [4.78, 5) is 0. The van der Waals surface area contributed by atoms with Crippen LogP contribution in [0.3, 0.4) is 0 Å². The summed E-state index contributed by atoms with van der Waals surface area (Å²) in [6, 6.07) is 6.29. The highest BCUT2D eigenvalue weighted by Crippen LogP contribution is 2.18. The molecule has 0 fully saturated rings. The van der Waals surface area contributed by atoms with Crippen LogP contribution in [-0.2, 0) is 0 Å². The van der Waals surface area contributed by atoms with Gasteiger partial charge in [0.05, 0.1) is 6.10 Å². The van der Waals surface area contributed by atoms with E-state index in [1.165, 1.54) is 9.13 Å². The van der Waals surface area contributed by atoms with Crippen molar-refractivity contribution in [1.29, 1.82) is 0 Å². The fourth-order valence-electron chi connectivity index (χ4n) is 1.07. The zero-order valence-corrected chi connectivity index (χ0v) is 10.9. The quantitative estimate of drug-likeness (QED) is 0.842. The number of hydrogen-bond donors (Lipinski definition) is 2. The zero-order valence-electron chi connectivity index (χ0n) is 8.71. The highest BCUT2D eigenvalue weighted by Gasteiger charge is 2.08. The monoisotopic (exact) mass is 305 g/mol. The van der Waals surface area contributed by atoms with Crippen LogP contribution in [0.5, 0.6) is 0 Å². The van der Waals surface area contributed by atoms with Crippen molar-refractivity contribution in [3.8, 4) is 0 Å². The molecule has 0 aromatic heterocycles. The van der Waals surface area contributed by atoms with Gasteiger partial charge < -0.3 is 10.4 Å². The maximum absolute atomic E-state index is 9.34. The number of aliphatic hydroxyl groups is 1. The van der Waals surface area contributed by atoms with E-state index in [4.69, 9.17) is 0 Å². The van der Waals surface area contributed by atoms with Gasteiger partial charge in [0.15, 0.2) is 0 Å². The van der Waals surface area contributed by atoms with Gasteiger partial charge in [-0.05, 0) is 61.1 Å². The fourth-order valence-corrected chi connectivity index (χ4v) is 1.58. The van der Waals surface area contributed by atoms with Crippen LogP contribution in [0.2, 0.25) is 0 Å². The predicted octanol–water partition coefficient (Wildman–Crippen LogP) is 2.78. The third-order valence-electron chi connectivity index (χ3n) is 2.29. The second-order valence-electron chi connectivity index (χ2n) is 3.64. The van der Waals surface area contributed by atoms with Crippen molar-refractivity contribution in [2.75, 3.05) is 5.32 Å². The van der Waals surface area contributed by atoms with E-state index >= 15 is 0 Å². The van der Waals surface area contributed by atoms with Gasteiger partial charge in [0.1, 0.15) is 0 Å². The topological polar surface area (TPSA) is 32.3 Å². The predicted molar refractivity (Wildman–Crippen MR) is 68.7 cm³/mol. The Morgan fingerprint density at radius 2 is 2.00 bits per heavy atom. The number of halogens is 1. The molecular formula is C11H16INO. The lowest BCUT2D eigenvalue weighted by Gasteiger charge is -2.18. The molecule has 0 bridgehead atoms. The van der Waals surface area contributed by atoms with Crippen LogP contribution in [0, 0.1) is 10.5 Å². The number of benzene rings is 1. The van der Waals surface area contributed by atoms with Crippen LogP contribution in [0.15, 0.2) is 18.2 Å². The molecule has 0 saturated carbocycles. The SMILES string of the molecule is Cc1ccc(NC(C)C(C)O)cc1I. The van der Waals surface area contributed by atoms with Crippen molar-refractivity contribution in [2.45, 2.75) is 32.9 Å². The Kier molecular flexibility index (Phi) is 4.19. The van der Waals surface area contributed by atoms with E-state index in [1.54, 1.807) is 6.92 Å². The lowest BCUT2D eigenvalue weighted by atomic mass is 10.2. The van der Waals surface area contributed by atoms with Crippen LogP contribution in [0.1, 0.15) is 19.4 Å². The molecule has 1 rings (SSSR count). The Balaban J connectivity index is 2.73. The van der Waals surface area contributed by atoms with E-state index in [2.05, 4.69) is 47.0 Å². The molecule has 0 saturated heterocycles. The summed E-state index contributed by atoms with van der Waals surface area (Å²) in [6.07, 6.45) is -0.339. The third kappa shape index (κ3) is 3.13. The molecule has 0 aliphatic carbocycles. The Labute approximate surface area is 98.9 Å². The maximum Gasteiger partial charge on any atom is 0.0710 e. The average molecular weight is 305 g/mol. The van der Waals surface area contributed by atoms with Gasteiger partial charge >= 0.3 is 0 Å². The Hall–Kier alpha value is -0.290. The number of rotatable bonds is 3. The number of anilines is 1. The maximum atomic E-state index is 9.34. The number of aryl methyl sites for hydroxylation is 1. The number of aliphatic hydroxyl groups excluding tert-OH is 1. The van der Waals surface area contributed by atoms with E-state index < -0.39 is 0 Å². The summed E-state index contributed by atoms with van der Waals surface area (Å²) in [5.41, 5.74) is 2.34. The van der Waals surface area contributed by atoms with E-state index in [9.17, 15) is 5.11 Å². The minimum atomic E-state index is -0.339. The molecule has 3 heteroatoms. The molecule has 0 spiro atoms. The summed E-state index contributed by atoms with van der Waals surface area (Å²) in [7, 11) is 0. The van der Waals surface area contributed by atoms with Gasteiger partial charge in [-0.1, -0.05) is 6.07 Å². The van der Waals surface area contributed by atoms with Crippen molar-refractivity contribution in [1.82, 2.24) is 0 Å². The summed E-state index contributed by atoms with van der Waals surface area (Å²) < 4.78 is 1.24. The fraction of sp³-hybridized carbons (Fsp3) is 0.455. The van der Waals surface area contributed by atoms with E-state index in [0.29, 0.717) is 0 Å². The molecule has 1 aromatic carbocycles. The van der Waals surface area contributed by atoms with Crippen molar-refractivity contribution >= 4 is 28.3 Å². The third-order valence-corrected chi connectivity index (χ3v) is 3.45. The van der Waals surface area contributed by atoms with Crippen LogP contribution in [0.25, 0.3) is 0 Å². The first-order valence-electron chi connectivity index (χ1n) is 4.71. The minimum Gasteiger partial charge on any atom is -0.391 e. The molecule has 2 unspecified atom stereocenters. The van der Waals surface area contributed by atoms with Crippen LogP contribution < -0.4 is 5.32 Å². The highest BCUT2D eigenvalue weighted by molar-refractivity contribution is 14.1. The van der Waals surface area contributed by atoms with Gasteiger partial charge in [-0.15, -0.1) is 0 Å². The molecule has 0 radical (unpaired) electrons. The van der Waals surface area contributed by atoms with Gasteiger partial charge in [0.2, 0.25) is 0 Å². The molecule has 1 aromatic rings. The largest absolute Gasteiger partial charge is 0.391 e.